The molecule has 1 fully saturated rings. The van der Waals surface area contributed by atoms with Crippen molar-refractivity contribution in [1.29, 1.82) is 0 Å². The lowest BCUT2D eigenvalue weighted by atomic mass is 10.2. The summed E-state index contributed by atoms with van der Waals surface area (Å²) in [5.41, 5.74) is 1.78. The monoisotopic (exact) mass is 253 g/mol. The minimum absolute atomic E-state index is 0. The zero-order valence-corrected chi connectivity index (χ0v) is 10.5. The van der Waals surface area contributed by atoms with Crippen molar-refractivity contribution in [2.45, 2.75) is 12.5 Å². The molecule has 1 aromatic carbocycles. The van der Waals surface area contributed by atoms with Crippen molar-refractivity contribution in [3.8, 4) is 0 Å². The number of nitrogens with one attached hydrogen (secondary N) is 1. The van der Waals surface area contributed by atoms with Crippen LogP contribution in [0.25, 0.3) is 11.1 Å². The number of fused-ring (bicyclic) bond motifs is 1. The van der Waals surface area contributed by atoms with Crippen LogP contribution in [-0.2, 0) is 0 Å². The van der Waals surface area contributed by atoms with E-state index in [1.807, 2.05) is 31.3 Å². The number of nitrogens with zero attached hydrogens (tertiary/aromatic N) is 2. The van der Waals surface area contributed by atoms with Crippen molar-refractivity contribution in [2.75, 3.05) is 25.0 Å². The van der Waals surface area contributed by atoms with E-state index in [-0.39, 0.29) is 12.4 Å². The highest BCUT2D eigenvalue weighted by molar-refractivity contribution is 5.85. The van der Waals surface area contributed by atoms with E-state index < -0.39 is 0 Å². The first-order valence-corrected chi connectivity index (χ1v) is 5.64. The Bertz CT molecular complexity index is 460. The molecule has 0 bridgehead atoms. The van der Waals surface area contributed by atoms with Gasteiger partial charge in [0.15, 0.2) is 5.58 Å². The third kappa shape index (κ3) is 2.23. The molecule has 5 heteroatoms. The summed E-state index contributed by atoms with van der Waals surface area (Å²) in [5, 5.41) is 3.35. The average Bonchev–Trinajstić information content (AvgIpc) is 2.97. The Morgan fingerprint density at radius 3 is 2.94 bits per heavy atom. The number of oxazole rings is 1. The van der Waals surface area contributed by atoms with Crippen LogP contribution < -0.4 is 10.2 Å². The lowest BCUT2D eigenvalue weighted by Crippen LogP contribution is -2.33. The fourth-order valence-corrected chi connectivity index (χ4v) is 2.14. The Morgan fingerprint density at radius 2 is 2.24 bits per heavy atom. The second-order valence-corrected chi connectivity index (χ2v) is 4.22. The van der Waals surface area contributed by atoms with Crippen LogP contribution in [0, 0.1) is 0 Å². The van der Waals surface area contributed by atoms with Gasteiger partial charge in [0.25, 0.3) is 6.01 Å². The third-order valence-corrected chi connectivity index (χ3v) is 3.17. The molecule has 3 rings (SSSR count). The molecule has 0 amide bonds. The molecule has 1 aliphatic rings. The summed E-state index contributed by atoms with van der Waals surface area (Å²) in [5.74, 6) is 0. The number of likely N-dealkylation sites (N-methyl/N-ethyl adjacent to an activating group) is 1. The Morgan fingerprint density at radius 1 is 1.41 bits per heavy atom. The molecule has 1 atom stereocenters. The van der Waals surface area contributed by atoms with E-state index in [4.69, 9.17) is 4.42 Å². The Kier molecular flexibility index (Phi) is 3.54. The lowest BCUT2D eigenvalue weighted by molar-refractivity contribution is 0.548. The first kappa shape index (κ1) is 12.2. The third-order valence-electron chi connectivity index (χ3n) is 3.17. The number of halogens is 1. The van der Waals surface area contributed by atoms with Gasteiger partial charge in [0.1, 0.15) is 5.52 Å². The van der Waals surface area contributed by atoms with Gasteiger partial charge >= 0.3 is 0 Å². The van der Waals surface area contributed by atoms with Crippen LogP contribution in [-0.4, -0.2) is 31.2 Å². The van der Waals surface area contributed by atoms with Crippen molar-refractivity contribution in [2.24, 2.45) is 0 Å². The van der Waals surface area contributed by atoms with Gasteiger partial charge in [0.2, 0.25) is 0 Å². The predicted molar refractivity (Wildman–Crippen MR) is 70.9 cm³/mol. The average molecular weight is 254 g/mol. The smallest absolute Gasteiger partial charge is 0.298 e. The SMILES string of the molecule is CN(c1nc2ccccc2o1)C1CCNC1.Cl. The Hall–Kier alpha value is -1.26. The standard InChI is InChI=1S/C12H15N3O.ClH/c1-15(9-6-7-13-8-9)12-14-10-4-2-3-5-11(10)16-12;/h2-5,9,13H,6-8H2,1H3;1H. The van der Waals surface area contributed by atoms with E-state index in [2.05, 4.69) is 15.2 Å². The van der Waals surface area contributed by atoms with Crippen LogP contribution >= 0.6 is 12.4 Å². The van der Waals surface area contributed by atoms with E-state index in [0.29, 0.717) is 6.04 Å². The van der Waals surface area contributed by atoms with Crippen molar-refractivity contribution in [3.63, 3.8) is 0 Å². The number of para-hydroxylation sites is 2. The largest absolute Gasteiger partial charge is 0.423 e. The molecular formula is C12H16ClN3O. The van der Waals surface area contributed by atoms with Crippen molar-refractivity contribution < 1.29 is 4.42 Å². The number of anilines is 1. The van der Waals surface area contributed by atoms with Crippen LogP contribution in [0.2, 0.25) is 0 Å². The number of hydrogen-bond acceptors (Lipinski definition) is 4. The van der Waals surface area contributed by atoms with Crippen LogP contribution in [0.4, 0.5) is 6.01 Å². The highest BCUT2D eigenvalue weighted by Gasteiger charge is 2.22. The molecule has 2 heterocycles. The fourth-order valence-electron chi connectivity index (χ4n) is 2.14. The summed E-state index contributed by atoms with van der Waals surface area (Å²) in [6, 6.07) is 9.08. The molecule has 1 N–H and O–H groups in total. The predicted octanol–water partition coefficient (Wildman–Crippen LogP) is 2.05. The fraction of sp³-hybridized carbons (Fsp3) is 0.417. The zero-order valence-electron chi connectivity index (χ0n) is 9.72. The molecule has 2 aromatic rings. The number of hydrogen-bond donors (Lipinski definition) is 1. The second-order valence-electron chi connectivity index (χ2n) is 4.22. The number of rotatable bonds is 2. The van der Waals surface area contributed by atoms with Crippen molar-refractivity contribution in [3.05, 3.63) is 24.3 Å². The zero-order chi connectivity index (χ0) is 11.0. The van der Waals surface area contributed by atoms with Gasteiger partial charge in [0, 0.05) is 19.6 Å². The molecule has 0 radical (unpaired) electrons. The highest BCUT2D eigenvalue weighted by atomic mass is 35.5. The normalized spacial score (nSPS) is 19.2. The van der Waals surface area contributed by atoms with Crippen LogP contribution in [0.1, 0.15) is 6.42 Å². The maximum atomic E-state index is 5.73. The molecule has 1 aromatic heterocycles. The van der Waals surface area contributed by atoms with E-state index in [0.717, 1.165) is 36.6 Å². The van der Waals surface area contributed by atoms with Gasteiger partial charge in [-0.3, -0.25) is 0 Å². The van der Waals surface area contributed by atoms with E-state index in [1.165, 1.54) is 0 Å². The molecule has 0 saturated carbocycles. The molecule has 1 unspecified atom stereocenters. The second kappa shape index (κ2) is 4.94. The molecule has 0 aliphatic carbocycles. The minimum Gasteiger partial charge on any atom is -0.423 e. The molecule has 1 aliphatic heterocycles. The lowest BCUT2D eigenvalue weighted by Gasteiger charge is -2.21. The Balaban J connectivity index is 0.00000108. The van der Waals surface area contributed by atoms with Gasteiger partial charge in [-0.2, -0.15) is 4.98 Å². The summed E-state index contributed by atoms with van der Waals surface area (Å²) in [4.78, 5) is 6.61. The molecule has 92 valence electrons. The van der Waals surface area contributed by atoms with E-state index in [9.17, 15) is 0 Å². The van der Waals surface area contributed by atoms with E-state index >= 15 is 0 Å². The van der Waals surface area contributed by atoms with Crippen LogP contribution in [0.3, 0.4) is 0 Å². The number of aromatic nitrogens is 1. The Labute approximate surface area is 106 Å². The maximum absolute atomic E-state index is 5.73. The molecule has 4 nitrogen and oxygen atoms in total. The minimum atomic E-state index is 0. The first-order chi connectivity index (χ1) is 7.84. The molecular weight excluding hydrogens is 238 g/mol. The van der Waals surface area contributed by atoms with Crippen LogP contribution in [0.15, 0.2) is 28.7 Å². The van der Waals surface area contributed by atoms with Gasteiger partial charge in [-0.25, -0.2) is 0 Å². The summed E-state index contributed by atoms with van der Waals surface area (Å²) in [6.45, 7) is 2.09. The molecule has 0 spiro atoms. The summed E-state index contributed by atoms with van der Waals surface area (Å²) in [7, 11) is 2.04. The molecule has 1 saturated heterocycles. The van der Waals surface area contributed by atoms with Gasteiger partial charge in [-0.15, -0.1) is 12.4 Å². The van der Waals surface area contributed by atoms with Gasteiger partial charge in [0.05, 0.1) is 0 Å². The summed E-state index contributed by atoms with van der Waals surface area (Å²) >= 11 is 0. The highest BCUT2D eigenvalue weighted by Crippen LogP contribution is 2.23. The van der Waals surface area contributed by atoms with Crippen LogP contribution in [0.5, 0.6) is 0 Å². The van der Waals surface area contributed by atoms with Gasteiger partial charge in [-0.05, 0) is 25.1 Å². The first-order valence-electron chi connectivity index (χ1n) is 5.64. The van der Waals surface area contributed by atoms with Gasteiger partial charge < -0.3 is 14.6 Å². The van der Waals surface area contributed by atoms with Crippen molar-refractivity contribution >= 4 is 29.5 Å². The van der Waals surface area contributed by atoms with E-state index in [1.54, 1.807) is 0 Å². The van der Waals surface area contributed by atoms with Gasteiger partial charge in [-0.1, -0.05) is 12.1 Å². The molecule has 17 heavy (non-hydrogen) atoms. The number of benzene rings is 1. The topological polar surface area (TPSA) is 41.3 Å². The summed E-state index contributed by atoms with van der Waals surface area (Å²) < 4.78 is 5.73. The quantitative estimate of drug-likeness (QED) is 0.890. The van der Waals surface area contributed by atoms with Crippen molar-refractivity contribution in [1.82, 2.24) is 10.3 Å². The summed E-state index contributed by atoms with van der Waals surface area (Å²) in [6.07, 6.45) is 1.15. The maximum Gasteiger partial charge on any atom is 0.298 e.